The third kappa shape index (κ3) is 4.58. The molecule has 9 heteroatoms. The van der Waals surface area contributed by atoms with Crippen LogP contribution in [0.2, 0.25) is 5.15 Å². The molecule has 2 N–H and O–H groups in total. The molecule has 31 heavy (non-hydrogen) atoms. The zero-order valence-corrected chi connectivity index (χ0v) is 18.2. The number of hydrogen-bond donors (Lipinski definition) is 1. The van der Waals surface area contributed by atoms with Crippen molar-refractivity contribution >= 4 is 28.5 Å². The number of nitrogens with two attached hydrogens (primary N) is 1. The second-order valence-corrected chi connectivity index (χ2v) is 7.04. The van der Waals surface area contributed by atoms with E-state index in [9.17, 15) is 10.1 Å². The predicted molar refractivity (Wildman–Crippen MR) is 114 cm³/mol. The van der Waals surface area contributed by atoms with Crippen molar-refractivity contribution in [2.45, 2.75) is 19.8 Å². The Kier molecular flexibility index (Phi) is 7.00. The first-order valence-electron chi connectivity index (χ1n) is 9.58. The number of nitrogens with zero attached hydrogens (tertiary/aromatic N) is 2. The molecular formula is C22H22ClN3O5. The smallest absolute Gasteiger partial charge is 0.338 e. The summed E-state index contributed by atoms with van der Waals surface area (Å²) in [5.41, 5.74) is 7.21. The number of nitriles is 1. The Labute approximate surface area is 184 Å². The van der Waals surface area contributed by atoms with Gasteiger partial charge in [-0.1, -0.05) is 11.6 Å². The number of methoxy groups -OCH3 is 1. The standard InChI is InChI=1S/C22H22ClN3O5/c1-4-29-14-6-5-13-9-15(20(23)26-17(13)10-14)19-16(11-24)21(25)31-12(2)18(19)22(27)30-8-7-28-3/h5-6,9-10,19H,4,7-8,25H2,1-3H3/t19-/m0/s1. The molecule has 0 amide bonds. The van der Waals surface area contributed by atoms with Gasteiger partial charge < -0.3 is 24.7 Å². The van der Waals surface area contributed by atoms with Crippen LogP contribution in [0.15, 0.2) is 47.1 Å². The van der Waals surface area contributed by atoms with E-state index >= 15 is 0 Å². The van der Waals surface area contributed by atoms with Gasteiger partial charge in [-0.2, -0.15) is 5.26 Å². The number of aromatic nitrogens is 1. The zero-order valence-electron chi connectivity index (χ0n) is 17.4. The molecule has 0 bridgehead atoms. The molecule has 0 fully saturated rings. The van der Waals surface area contributed by atoms with Gasteiger partial charge in [0.25, 0.3) is 0 Å². The van der Waals surface area contributed by atoms with Crippen molar-refractivity contribution in [1.29, 1.82) is 5.26 Å². The molecule has 2 heterocycles. The molecule has 8 nitrogen and oxygen atoms in total. The summed E-state index contributed by atoms with van der Waals surface area (Å²) in [5, 5.41) is 10.6. The molecular weight excluding hydrogens is 422 g/mol. The highest BCUT2D eigenvalue weighted by Gasteiger charge is 2.38. The summed E-state index contributed by atoms with van der Waals surface area (Å²) in [5.74, 6) is -0.738. The van der Waals surface area contributed by atoms with Gasteiger partial charge in [-0.05, 0) is 32.0 Å². The molecule has 1 aliphatic heterocycles. The maximum atomic E-state index is 12.9. The van der Waals surface area contributed by atoms with E-state index in [1.165, 1.54) is 7.11 Å². The van der Waals surface area contributed by atoms with E-state index in [1.807, 2.05) is 25.1 Å². The topological polar surface area (TPSA) is 117 Å². The SMILES string of the molecule is CCOc1ccc2cc([C@H]3C(C#N)=C(N)OC(C)=C3C(=O)OCCOC)c(Cl)nc2c1. The zero-order chi connectivity index (χ0) is 22.5. The molecule has 1 aliphatic rings. The third-order valence-electron chi connectivity index (χ3n) is 4.74. The fourth-order valence-corrected chi connectivity index (χ4v) is 3.61. The molecule has 0 unspecified atom stereocenters. The molecule has 2 aromatic rings. The highest BCUT2D eigenvalue weighted by atomic mass is 35.5. The molecule has 162 valence electrons. The number of allylic oxidation sites excluding steroid dienone is 2. The minimum absolute atomic E-state index is 0.0455. The first kappa shape index (κ1) is 22.4. The van der Waals surface area contributed by atoms with Crippen LogP contribution in [0, 0.1) is 11.3 Å². The van der Waals surface area contributed by atoms with Crippen LogP contribution in [0.3, 0.4) is 0 Å². The summed E-state index contributed by atoms with van der Waals surface area (Å²) in [6.07, 6.45) is 0. The summed E-state index contributed by atoms with van der Waals surface area (Å²) in [6.45, 7) is 4.27. The number of rotatable bonds is 7. The molecule has 0 spiro atoms. The summed E-state index contributed by atoms with van der Waals surface area (Å²) in [6, 6.07) is 9.22. The lowest BCUT2D eigenvalue weighted by atomic mass is 9.83. The van der Waals surface area contributed by atoms with E-state index in [4.69, 9.17) is 36.3 Å². The van der Waals surface area contributed by atoms with Crippen molar-refractivity contribution in [1.82, 2.24) is 4.98 Å². The van der Waals surface area contributed by atoms with Gasteiger partial charge in [0.15, 0.2) is 0 Å². The molecule has 1 atom stereocenters. The van der Waals surface area contributed by atoms with Crippen molar-refractivity contribution in [2.24, 2.45) is 5.73 Å². The molecule has 0 saturated heterocycles. The summed E-state index contributed by atoms with van der Waals surface area (Å²) < 4.78 is 21.2. The number of fused-ring (bicyclic) bond motifs is 1. The van der Waals surface area contributed by atoms with Crippen molar-refractivity contribution in [3.05, 3.63) is 57.8 Å². The first-order chi connectivity index (χ1) is 14.9. The van der Waals surface area contributed by atoms with Crippen molar-refractivity contribution in [2.75, 3.05) is 26.9 Å². The number of esters is 1. The quantitative estimate of drug-likeness (QED) is 0.392. The monoisotopic (exact) mass is 443 g/mol. The third-order valence-corrected chi connectivity index (χ3v) is 5.04. The lowest BCUT2D eigenvalue weighted by molar-refractivity contribution is -0.140. The fraction of sp³-hybridized carbons (Fsp3) is 0.318. The minimum Gasteiger partial charge on any atom is -0.494 e. The van der Waals surface area contributed by atoms with E-state index in [1.54, 1.807) is 19.1 Å². The minimum atomic E-state index is -0.884. The number of benzene rings is 1. The number of carbonyl (C=O) groups excluding carboxylic acids is 1. The number of ether oxygens (including phenoxy) is 4. The van der Waals surface area contributed by atoms with Gasteiger partial charge in [0.1, 0.15) is 34.9 Å². The number of hydrogen-bond acceptors (Lipinski definition) is 8. The van der Waals surface area contributed by atoms with Crippen LogP contribution in [-0.4, -0.2) is 37.9 Å². The van der Waals surface area contributed by atoms with Gasteiger partial charge in [0.05, 0.1) is 30.2 Å². The Morgan fingerprint density at radius 2 is 2.13 bits per heavy atom. The molecule has 1 aromatic heterocycles. The number of halogens is 1. The Morgan fingerprint density at radius 1 is 1.35 bits per heavy atom. The van der Waals surface area contributed by atoms with Crippen molar-refractivity contribution in [3.8, 4) is 11.8 Å². The molecule has 3 rings (SSSR count). The van der Waals surface area contributed by atoms with Gasteiger partial charge >= 0.3 is 5.97 Å². The van der Waals surface area contributed by atoms with E-state index in [-0.39, 0.29) is 41.2 Å². The summed E-state index contributed by atoms with van der Waals surface area (Å²) in [4.78, 5) is 17.3. The van der Waals surface area contributed by atoms with Crippen LogP contribution in [0.4, 0.5) is 0 Å². The van der Waals surface area contributed by atoms with Crippen LogP contribution in [0.1, 0.15) is 25.3 Å². The highest BCUT2D eigenvalue weighted by Crippen LogP contribution is 2.42. The summed E-state index contributed by atoms with van der Waals surface area (Å²) >= 11 is 6.52. The molecule has 0 radical (unpaired) electrons. The van der Waals surface area contributed by atoms with E-state index in [0.717, 1.165) is 5.39 Å². The van der Waals surface area contributed by atoms with E-state index in [2.05, 4.69) is 4.98 Å². The van der Waals surface area contributed by atoms with Crippen LogP contribution in [-0.2, 0) is 19.0 Å². The average Bonchev–Trinajstić information content (AvgIpc) is 2.73. The lowest BCUT2D eigenvalue weighted by Gasteiger charge is -2.27. The lowest BCUT2D eigenvalue weighted by Crippen LogP contribution is -2.26. The maximum absolute atomic E-state index is 12.9. The largest absolute Gasteiger partial charge is 0.494 e. The Hall–Kier alpha value is -3.28. The molecule has 0 aliphatic carbocycles. The van der Waals surface area contributed by atoms with Gasteiger partial charge in [0, 0.05) is 24.1 Å². The van der Waals surface area contributed by atoms with Gasteiger partial charge in [-0.3, -0.25) is 0 Å². The number of carbonyl (C=O) groups is 1. The Bertz CT molecular complexity index is 1120. The highest BCUT2D eigenvalue weighted by molar-refractivity contribution is 6.30. The van der Waals surface area contributed by atoms with Crippen molar-refractivity contribution in [3.63, 3.8) is 0 Å². The first-order valence-corrected chi connectivity index (χ1v) is 9.96. The molecule has 1 aromatic carbocycles. The fourth-order valence-electron chi connectivity index (χ4n) is 3.35. The van der Waals surface area contributed by atoms with Crippen molar-refractivity contribution < 1.29 is 23.7 Å². The Morgan fingerprint density at radius 3 is 2.81 bits per heavy atom. The second-order valence-electron chi connectivity index (χ2n) is 6.68. The van der Waals surface area contributed by atoms with Crippen LogP contribution >= 0.6 is 11.6 Å². The molecule has 0 saturated carbocycles. The maximum Gasteiger partial charge on any atom is 0.338 e. The normalized spacial score (nSPS) is 16.2. The van der Waals surface area contributed by atoms with Crippen LogP contribution in [0.25, 0.3) is 10.9 Å². The van der Waals surface area contributed by atoms with Gasteiger partial charge in [-0.15, -0.1) is 0 Å². The Balaban J connectivity index is 2.12. The number of pyridine rings is 1. The summed E-state index contributed by atoms with van der Waals surface area (Å²) in [7, 11) is 1.50. The van der Waals surface area contributed by atoms with Gasteiger partial charge in [-0.25, -0.2) is 9.78 Å². The van der Waals surface area contributed by atoms with Crippen LogP contribution in [0.5, 0.6) is 5.75 Å². The van der Waals surface area contributed by atoms with Gasteiger partial charge in [0.2, 0.25) is 5.88 Å². The van der Waals surface area contributed by atoms with Crippen LogP contribution < -0.4 is 10.5 Å². The second kappa shape index (κ2) is 9.69. The predicted octanol–water partition coefficient (Wildman–Crippen LogP) is 3.56. The van der Waals surface area contributed by atoms with E-state index < -0.39 is 11.9 Å². The average molecular weight is 444 g/mol. The van der Waals surface area contributed by atoms with E-state index in [0.29, 0.717) is 23.4 Å².